The van der Waals surface area contributed by atoms with Gasteiger partial charge in [-0.1, -0.05) is 60.1 Å². The van der Waals surface area contributed by atoms with Crippen LogP contribution >= 0.6 is 19.2 Å². The van der Waals surface area contributed by atoms with Crippen molar-refractivity contribution in [2.24, 2.45) is 0 Å². The van der Waals surface area contributed by atoms with E-state index in [9.17, 15) is 24.1 Å². The normalized spacial score (nSPS) is 12.7. The van der Waals surface area contributed by atoms with Crippen LogP contribution in [-0.2, 0) is 41.0 Å². The number of amides is 3. The maximum atomic E-state index is 13.2. The molecule has 2 atom stereocenters. The van der Waals surface area contributed by atoms with E-state index in [1.165, 1.54) is 0 Å². The van der Waals surface area contributed by atoms with E-state index in [1.54, 1.807) is 26.0 Å². The monoisotopic (exact) mass is 625 g/mol. The molecule has 2 aromatic carbocycles. The number of nitrogens with one attached hydrogen (secondary N) is 3. The average Bonchev–Trinajstić information content (AvgIpc) is 2.96. The van der Waals surface area contributed by atoms with Gasteiger partial charge in [0, 0.05) is 11.6 Å². The maximum absolute atomic E-state index is 13.2. The van der Waals surface area contributed by atoms with E-state index < -0.39 is 37.6 Å². The Hall–Kier alpha value is -2.95. The zero-order valence-electron chi connectivity index (χ0n) is 24.1. The molecule has 232 valence electrons. The molecule has 2 rings (SSSR count). The van der Waals surface area contributed by atoms with E-state index in [-0.39, 0.29) is 45.6 Å². The molecule has 3 amide bonds. The van der Waals surface area contributed by atoms with Gasteiger partial charge in [0.15, 0.2) is 0 Å². The number of ether oxygens (including phenoxy) is 1. The standard InChI is InChI=1S/C29H41ClN3O8P/c1-3-40-42(38,41-4-2)21-27(35)31-17-11-10-16-26(33-29(37)39-20-22-12-6-5-7-13-22)28(36)32-24(19-34)18-23-14-8-9-15-25(23)30/h5-9,12-15,24,26,34H,3-4,10-11,16-21H2,1-2H3,(H,31,35)(H,32,36)(H,33,37)/t24-,26?/m0/s1. The summed E-state index contributed by atoms with van der Waals surface area (Å²) in [4.78, 5) is 38.0. The van der Waals surface area contributed by atoms with Crippen LogP contribution < -0.4 is 16.0 Å². The Balaban J connectivity index is 1.94. The smallest absolute Gasteiger partial charge is 0.408 e. The summed E-state index contributed by atoms with van der Waals surface area (Å²) in [7, 11) is -3.51. The molecule has 13 heteroatoms. The lowest BCUT2D eigenvalue weighted by atomic mass is 10.0. The van der Waals surface area contributed by atoms with Gasteiger partial charge in [-0.3, -0.25) is 14.2 Å². The first kappa shape index (κ1) is 35.2. The van der Waals surface area contributed by atoms with Crippen LogP contribution in [0.15, 0.2) is 54.6 Å². The number of aliphatic hydroxyl groups is 1. The molecule has 0 spiro atoms. The molecule has 1 unspecified atom stereocenters. The third kappa shape index (κ3) is 13.4. The van der Waals surface area contributed by atoms with Crippen molar-refractivity contribution < 1.29 is 37.8 Å². The summed E-state index contributed by atoms with van der Waals surface area (Å²) in [6, 6.07) is 14.7. The molecule has 11 nitrogen and oxygen atoms in total. The molecule has 0 fully saturated rings. The fourth-order valence-corrected chi connectivity index (χ4v) is 5.74. The highest BCUT2D eigenvalue weighted by Gasteiger charge is 2.28. The van der Waals surface area contributed by atoms with E-state index in [0.29, 0.717) is 24.3 Å². The minimum atomic E-state index is -3.51. The van der Waals surface area contributed by atoms with Crippen LogP contribution in [0, 0.1) is 0 Å². The summed E-state index contributed by atoms with van der Waals surface area (Å²) < 4.78 is 28.1. The van der Waals surface area contributed by atoms with Crippen LogP contribution in [0.5, 0.6) is 0 Å². The number of hydrogen-bond donors (Lipinski definition) is 4. The second-order valence-electron chi connectivity index (χ2n) is 9.39. The fourth-order valence-electron chi connectivity index (χ4n) is 4.02. The summed E-state index contributed by atoms with van der Waals surface area (Å²) in [6.45, 7) is 3.61. The Kier molecular flexibility index (Phi) is 16.2. The van der Waals surface area contributed by atoms with Crippen molar-refractivity contribution in [2.45, 2.75) is 58.2 Å². The van der Waals surface area contributed by atoms with Gasteiger partial charge in [-0.25, -0.2) is 4.79 Å². The summed E-state index contributed by atoms with van der Waals surface area (Å²) in [5, 5.41) is 18.5. The van der Waals surface area contributed by atoms with E-state index >= 15 is 0 Å². The fraction of sp³-hybridized carbons (Fsp3) is 0.483. The van der Waals surface area contributed by atoms with Crippen molar-refractivity contribution >= 4 is 37.1 Å². The summed E-state index contributed by atoms with van der Waals surface area (Å²) >= 11 is 6.24. The molecule has 0 bridgehead atoms. The number of unbranched alkanes of at least 4 members (excludes halogenated alkanes) is 1. The molecule has 0 aromatic heterocycles. The number of carbonyl (C=O) groups is 3. The molecule has 0 aliphatic rings. The summed E-state index contributed by atoms with van der Waals surface area (Å²) in [5.74, 6) is -0.960. The first-order valence-electron chi connectivity index (χ1n) is 14.0. The lowest BCUT2D eigenvalue weighted by Gasteiger charge is -2.23. The second-order valence-corrected chi connectivity index (χ2v) is 11.9. The zero-order chi connectivity index (χ0) is 30.8. The van der Waals surface area contributed by atoms with Gasteiger partial charge in [0.25, 0.3) is 0 Å². The summed E-state index contributed by atoms with van der Waals surface area (Å²) in [5.41, 5.74) is 1.56. The molecule has 0 aliphatic heterocycles. The topological polar surface area (TPSA) is 152 Å². The maximum Gasteiger partial charge on any atom is 0.408 e. The van der Waals surface area contributed by atoms with Gasteiger partial charge < -0.3 is 34.8 Å². The van der Waals surface area contributed by atoms with E-state index in [0.717, 1.165) is 11.1 Å². The second kappa shape index (κ2) is 19.3. The molecular weight excluding hydrogens is 585 g/mol. The molecule has 2 aromatic rings. The van der Waals surface area contributed by atoms with Gasteiger partial charge >= 0.3 is 13.7 Å². The average molecular weight is 626 g/mol. The van der Waals surface area contributed by atoms with Crippen LogP contribution in [0.2, 0.25) is 5.02 Å². The number of alkyl carbamates (subject to hydrolysis) is 1. The largest absolute Gasteiger partial charge is 0.445 e. The Morgan fingerprint density at radius 2 is 1.62 bits per heavy atom. The number of rotatable bonds is 19. The molecule has 0 heterocycles. The Morgan fingerprint density at radius 1 is 0.952 bits per heavy atom. The van der Waals surface area contributed by atoms with E-state index in [4.69, 9.17) is 25.4 Å². The Morgan fingerprint density at radius 3 is 2.26 bits per heavy atom. The van der Waals surface area contributed by atoms with Crippen LogP contribution in [-0.4, -0.2) is 67.6 Å². The highest BCUT2D eigenvalue weighted by Crippen LogP contribution is 2.47. The van der Waals surface area contributed by atoms with Gasteiger partial charge in [0.1, 0.15) is 18.8 Å². The quantitative estimate of drug-likeness (QED) is 0.134. The Bertz CT molecular complexity index is 1160. The molecule has 0 aliphatic carbocycles. The van der Waals surface area contributed by atoms with Crippen LogP contribution in [0.4, 0.5) is 4.79 Å². The van der Waals surface area contributed by atoms with Gasteiger partial charge in [-0.15, -0.1) is 0 Å². The molecule has 42 heavy (non-hydrogen) atoms. The molecular formula is C29H41ClN3O8P. The van der Waals surface area contributed by atoms with Gasteiger partial charge in [-0.05, 0) is 56.7 Å². The van der Waals surface area contributed by atoms with Gasteiger partial charge in [0.2, 0.25) is 11.8 Å². The first-order valence-corrected chi connectivity index (χ1v) is 16.1. The number of aliphatic hydroxyl groups excluding tert-OH is 1. The molecule has 0 saturated heterocycles. The number of halogens is 1. The zero-order valence-corrected chi connectivity index (χ0v) is 25.7. The van der Waals surface area contributed by atoms with E-state index in [1.807, 2.05) is 42.5 Å². The lowest BCUT2D eigenvalue weighted by Crippen LogP contribution is -2.51. The minimum Gasteiger partial charge on any atom is -0.445 e. The Labute approximate surface area is 252 Å². The third-order valence-corrected chi connectivity index (χ3v) is 8.39. The predicted octanol–water partition coefficient (Wildman–Crippen LogP) is 4.21. The molecule has 0 radical (unpaired) electrons. The molecule has 4 N–H and O–H groups in total. The SMILES string of the molecule is CCOP(=O)(CC(=O)NCCCCC(NC(=O)OCc1ccccc1)C(=O)N[C@H](CO)Cc1ccccc1Cl)OCC. The number of carbonyl (C=O) groups excluding carboxylic acids is 3. The summed E-state index contributed by atoms with van der Waals surface area (Å²) in [6.07, 6.45) is 0.326. The van der Waals surface area contributed by atoms with Crippen molar-refractivity contribution in [1.82, 2.24) is 16.0 Å². The van der Waals surface area contributed by atoms with Crippen molar-refractivity contribution in [3.8, 4) is 0 Å². The van der Waals surface area contributed by atoms with Gasteiger partial charge in [0.05, 0.1) is 25.9 Å². The predicted molar refractivity (Wildman–Crippen MR) is 160 cm³/mol. The lowest BCUT2D eigenvalue weighted by molar-refractivity contribution is -0.124. The van der Waals surface area contributed by atoms with Gasteiger partial charge in [-0.2, -0.15) is 0 Å². The number of benzene rings is 2. The highest BCUT2D eigenvalue weighted by molar-refractivity contribution is 7.54. The van der Waals surface area contributed by atoms with Crippen LogP contribution in [0.1, 0.15) is 44.2 Å². The first-order chi connectivity index (χ1) is 20.2. The number of hydrogen-bond acceptors (Lipinski definition) is 8. The van der Waals surface area contributed by atoms with Crippen LogP contribution in [0.25, 0.3) is 0 Å². The van der Waals surface area contributed by atoms with Crippen molar-refractivity contribution in [2.75, 3.05) is 32.5 Å². The third-order valence-electron chi connectivity index (χ3n) is 6.04. The van der Waals surface area contributed by atoms with Crippen molar-refractivity contribution in [1.29, 1.82) is 0 Å². The molecule has 0 saturated carbocycles. The highest BCUT2D eigenvalue weighted by atomic mass is 35.5. The van der Waals surface area contributed by atoms with E-state index in [2.05, 4.69) is 16.0 Å². The van der Waals surface area contributed by atoms with Crippen molar-refractivity contribution in [3.63, 3.8) is 0 Å². The van der Waals surface area contributed by atoms with Crippen molar-refractivity contribution in [3.05, 3.63) is 70.7 Å². The van der Waals surface area contributed by atoms with Crippen LogP contribution in [0.3, 0.4) is 0 Å². The minimum absolute atomic E-state index is 0.0339.